The molecule has 0 aliphatic carbocycles. The van der Waals surface area contributed by atoms with E-state index in [4.69, 9.17) is 28.9 Å². The Morgan fingerprint density at radius 2 is 1.84 bits per heavy atom. The monoisotopic (exact) mass is 317 g/mol. The molecule has 0 spiro atoms. The SMILES string of the molecule is Nc1cc(F)ccc1CS(=O)c1ccc(Cl)c(Cl)c1. The minimum absolute atomic E-state index is 0.198. The van der Waals surface area contributed by atoms with Crippen LogP contribution in [0, 0.1) is 5.82 Å². The molecule has 0 aromatic heterocycles. The molecule has 0 saturated heterocycles. The van der Waals surface area contributed by atoms with E-state index in [2.05, 4.69) is 0 Å². The summed E-state index contributed by atoms with van der Waals surface area (Å²) in [5.74, 6) is -0.217. The van der Waals surface area contributed by atoms with E-state index in [0.29, 0.717) is 20.5 Å². The van der Waals surface area contributed by atoms with E-state index < -0.39 is 16.6 Å². The van der Waals surface area contributed by atoms with Crippen molar-refractivity contribution >= 4 is 39.7 Å². The van der Waals surface area contributed by atoms with Crippen molar-refractivity contribution < 1.29 is 8.60 Å². The third kappa shape index (κ3) is 3.47. The molecule has 19 heavy (non-hydrogen) atoms. The van der Waals surface area contributed by atoms with Gasteiger partial charge in [-0.25, -0.2) is 4.39 Å². The molecule has 0 fully saturated rings. The highest BCUT2D eigenvalue weighted by atomic mass is 35.5. The second-order valence-electron chi connectivity index (χ2n) is 3.91. The third-order valence-corrected chi connectivity index (χ3v) is 4.64. The number of hydrogen-bond donors (Lipinski definition) is 1. The summed E-state index contributed by atoms with van der Waals surface area (Å²) >= 11 is 11.7. The zero-order chi connectivity index (χ0) is 14.0. The van der Waals surface area contributed by atoms with E-state index in [1.165, 1.54) is 18.2 Å². The van der Waals surface area contributed by atoms with Crippen LogP contribution in [0.3, 0.4) is 0 Å². The first-order valence-corrected chi connectivity index (χ1v) is 7.42. The van der Waals surface area contributed by atoms with Crippen LogP contribution in [0.25, 0.3) is 0 Å². The molecule has 2 nitrogen and oxygen atoms in total. The molecular weight excluding hydrogens is 308 g/mol. The fourth-order valence-electron chi connectivity index (χ4n) is 1.54. The Morgan fingerprint density at radius 3 is 2.47 bits per heavy atom. The van der Waals surface area contributed by atoms with E-state index >= 15 is 0 Å². The van der Waals surface area contributed by atoms with Crippen molar-refractivity contribution in [1.82, 2.24) is 0 Å². The zero-order valence-corrected chi connectivity index (χ0v) is 12.0. The lowest BCUT2D eigenvalue weighted by Gasteiger charge is -2.07. The fraction of sp³-hybridized carbons (Fsp3) is 0.0769. The van der Waals surface area contributed by atoms with Crippen molar-refractivity contribution in [3.05, 3.63) is 57.8 Å². The second kappa shape index (κ2) is 5.90. The van der Waals surface area contributed by atoms with E-state index in [1.54, 1.807) is 18.2 Å². The Labute approximate surface area is 122 Å². The highest BCUT2D eigenvalue weighted by molar-refractivity contribution is 7.84. The van der Waals surface area contributed by atoms with E-state index in [1.807, 2.05) is 0 Å². The first-order chi connectivity index (χ1) is 8.97. The Bertz CT molecular complexity index is 649. The molecule has 2 rings (SSSR count). The molecule has 0 heterocycles. The number of nitrogen functional groups attached to an aromatic ring is 1. The highest BCUT2D eigenvalue weighted by Crippen LogP contribution is 2.26. The van der Waals surface area contributed by atoms with Gasteiger partial charge in [0.25, 0.3) is 0 Å². The van der Waals surface area contributed by atoms with E-state index in [9.17, 15) is 8.60 Å². The number of benzene rings is 2. The molecule has 1 unspecified atom stereocenters. The molecule has 0 radical (unpaired) electrons. The summed E-state index contributed by atoms with van der Waals surface area (Å²) in [4.78, 5) is 0.554. The first-order valence-electron chi connectivity index (χ1n) is 5.34. The lowest BCUT2D eigenvalue weighted by atomic mass is 10.2. The lowest BCUT2D eigenvalue weighted by Crippen LogP contribution is -2.01. The average molecular weight is 318 g/mol. The Morgan fingerprint density at radius 1 is 1.11 bits per heavy atom. The molecule has 0 aliphatic heterocycles. The summed E-state index contributed by atoms with van der Waals surface area (Å²) in [6, 6.07) is 8.81. The topological polar surface area (TPSA) is 43.1 Å². The van der Waals surface area contributed by atoms with Crippen LogP contribution in [0.15, 0.2) is 41.3 Å². The average Bonchev–Trinajstić information content (AvgIpc) is 2.36. The number of anilines is 1. The van der Waals surface area contributed by atoms with E-state index in [-0.39, 0.29) is 11.4 Å². The molecule has 0 amide bonds. The molecule has 100 valence electrons. The molecule has 0 saturated carbocycles. The van der Waals surface area contributed by atoms with Crippen molar-refractivity contribution in [3.63, 3.8) is 0 Å². The van der Waals surface area contributed by atoms with E-state index in [0.717, 1.165) is 0 Å². The predicted octanol–water partition coefficient (Wildman–Crippen LogP) is 4.02. The zero-order valence-electron chi connectivity index (χ0n) is 9.70. The van der Waals surface area contributed by atoms with Crippen LogP contribution in [-0.2, 0) is 16.6 Å². The summed E-state index contributed by atoms with van der Waals surface area (Å²) in [7, 11) is -1.32. The smallest absolute Gasteiger partial charge is 0.125 e. The minimum atomic E-state index is -1.32. The van der Waals surface area contributed by atoms with Gasteiger partial charge >= 0.3 is 0 Å². The molecule has 2 aromatic carbocycles. The summed E-state index contributed by atoms with van der Waals surface area (Å²) in [6.45, 7) is 0. The second-order valence-corrected chi connectivity index (χ2v) is 6.17. The summed E-state index contributed by atoms with van der Waals surface area (Å²) in [5.41, 5.74) is 6.60. The predicted molar refractivity (Wildman–Crippen MR) is 77.4 cm³/mol. The first kappa shape index (κ1) is 14.3. The van der Waals surface area contributed by atoms with Gasteiger partial charge in [0.05, 0.1) is 26.6 Å². The molecule has 0 aliphatic rings. The number of hydrogen-bond acceptors (Lipinski definition) is 2. The molecular formula is C13H10Cl2FNOS. The Kier molecular flexibility index (Phi) is 4.45. The van der Waals surface area contributed by atoms with Crippen LogP contribution in [-0.4, -0.2) is 4.21 Å². The lowest BCUT2D eigenvalue weighted by molar-refractivity contribution is 0.628. The van der Waals surface area contributed by atoms with Gasteiger partial charge in [-0.05, 0) is 35.9 Å². The van der Waals surface area contributed by atoms with Crippen LogP contribution < -0.4 is 5.73 Å². The van der Waals surface area contributed by atoms with Gasteiger partial charge in [-0.3, -0.25) is 4.21 Å². The summed E-state index contributed by atoms with van der Waals surface area (Å²) in [6.07, 6.45) is 0. The molecule has 2 aromatic rings. The maximum atomic E-state index is 12.9. The van der Waals surface area contributed by atoms with Gasteiger partial charge in [0.15, 0.2) is 0 Å². The maximum absolute atomic E-state index is 12.9. The van der Waals surface area contributed by atoms with Gasteiger partial charge in [-0.1, -0.05) is 29.3 Å². The van der Waals surface area contributed by atoms with Crippen molar-refractivity contribution in [2.45, 2.75) is 10.6 Å². The third-order valence-electron chi connectivity index (χ3n) is 2.55. The number of halogens is 3. The Balaban J connectivity index is 2.23. The molecule has 6 heteroatoms. The summed E-state index contributed by atoms with van der Waals surface area (Å²) in [5, 5.41) is 0.753. The van der Waals surface area contributed by atoms with Gasteiger partial charge < -0.3 is 5.73 Å². The van der Waals surface area contributed by atoms with Gasteiger partial charge in [0, 0.05) is 10.6 Å². The maximum Gasteiger partial charge on any atom is 0.125 e. The van der Waals surface area contributed by atoms with Gasteiger partial charge in [0.1, 0.15) is 5.82 Å². The van der Waals surface area contributed by atoms with Crippen LogP contribution in [0.4, 0.5) is 10.1 Å². The number of rotatable bonds is 3. The van der Waals surface area contributed by atoms with Crippen molar-refractivity contribution in [2.75, 3.05) is 5.73 Å². The number of nitrogens with two attached hydrogens (primary N) is 1. The quantitative estimate of drug-likeness (QED) is 0.869. The molecule has 0 bridgehead atoms. The van der Waals surface area contributed by atoms with Crippen molar-refractivity contribution in [2.24, 2.45) is 0 Å². The van der Waals surface area contributed by atoms with Crippen molar-refractivity contribution in [1.29, 1.82) is 0 Å². The van der Waals surface area contributed by atoms with Crippen LogP contribution >= 0.6 is 23.2 Å². The van der Waals surface area contributed by atoms with Crippen LogP contribution in [0.2, 0.25) is 10.0 Å². The normalized spacial score (nSPS) is 12.4. The van der Waals surface area contributed by atoms with Gasteiger partial charge in [-0.15, -0.1) is 0 Å². The van der Waals surface area contributed by atoms with Gasteiger partial charge in [0.2, 0.25) is 0 Å². The largest absolute Gasteiger partial charge is 0.398 e. The fourth-order valence-corrected chi connectivity index (χ4v) is 3.08. The Hall–Kier alpha value is -1.10. The van der Waals surface area contributed by atoms with Crippen molar-refractivity contribution in [3.8, 4) is 0 Å². The van der Waals surface area contributed by atoms with Crippen LogP contribution in [0.5, 0.6) is 0 Å². The molecule has 1 atom stereocenters. The highest BCUT2D eigenvalue weighted by Gasteiger charge is 2.10. The summed E-state index contributed by atoms with van der Waals surface area (Å²) < 4.78 is 25.1. The minimum Gasteiger partial charge on any atom is -0.398 e. The van der Waals surface area contributed by atoms with Gasteiger partial charge in [-0.2, -0.15) is 0 Å². The molecule has 2 N–H and O–H groups in total. The van der Waals surface area contributed by atoms with Crippen LogP contribution in [0.1, 0.15) is 5.56 Å². The standard InChI is InChI=1S/C13H10Cl2FNOS/c14-11-4-3-10(6-12(11)15)19(18)7-8-1-2-9(16)5-13(8)17/h1-6H,7,17H2.